The molecule has 0 saturated carbocycles. The molecular formula is C20H30N2O3. The molecule has 2 fully saturated rings. The van der Waals surface area contributed by atoms with Crippen molar-refractivity contribution in [1.82, 2.24) is 9.80 Å². The summed E-state index contributed by atoms with van der Waals surface area (Å²) in [6.07, 6.45) is 4.50. The number of carbonyl (C=O) groups excluding carboxylic acids is 1. The van der Waals surface area contributed by atoms with Crippen molar-refractivity contribution in [2.75, 3.05) is 40.0 Å². The van der Waals surface area contributed by atoms with Crippen LogP contribution in [0.5, 0.6) is 5.75 Å². The van der Waals surface area contributed by atoms with Crippen LogP contribution in [0, 0.1) is 0 Å². The molecule has 2 saturated heterocycles. The third-order valence-electron chi connectivity index (χ3n) is 5.91. The number of hydrogen-bond acceptors (Lipinski definition) is 4. The van der Waals surface area contributed by atoms with Crippen molar-refractivity contribution in [2.45, 2.75) is 44.2 Å². The first-order valence-corrected chi connectivity index (χ1v) is 9.41. The maximum absolute atomic E-state index is 12.4. The summed E-state index contributed by atoms with van der Waals surface area (Å²) in [6.45, 7) is 5.42. The molecule has 5 nitrogen and oxygen atoms in total. The second kappa shape index (κ2) is 8.19. The number of carbonyl (C=O) groups is 1. The van der Waals surface area contributed by atoms with E-state index in [1.54, 1.807) is 0 Å². The molecular weight excluding hydrogens is 316 g/mol. The molecule has 25 heavy (non-hydrogen) atoms. The zero-order valence-electron chi connectivity index (χ0n) is 15.4. The van der Waals surface area contributed by atoms with Crippen LogP contribution >= 0.6 is 0 Å². The molecule has 3 rings (SSSR count). The lowest BCUT2D eigenvalue weighted by molar-refractivity contribution is -0.136. The van der Waals surface area contributed by atoms with Gasteiger partial charge in [-0.15, -0.1) is 0 Å². The lowest BCUT2D eigenvalue weighted by atomic mass is 9.85. The van der Waals surface area contributed by atoms with Gasteiger partial charge in [0.15, 0.2) is 6.61 Å². The molecule has 2 heterocycles. The van der Waals surface area contributed by atoms with E-state index in [0.717, 1.165) is 44.9 Å². The number of rotatable bonds is 6. The summed E-state index contributed by atoms with van der Waals surface area (Å²) < 4.78 is 11.2. The molecule has 2 aliphatic heterocycles. The van der Waals surface area contributed by atoms with Gasteiger partial charge in [-0.25, -0.2) is 0 Å². The van der Waals surface area contributed by atoms with Crippen LogP contribution in [-0.4, -0.2) is 67.2 Å². The van der Waals surface area contributed by atoms with Crippen LogP contribution in [0.4, 0.5) is 0 Å². The number of para-hydroxylation sites is 1. The average Bonchev–Trinajstić information content (AvgIpc) is 2.95. The molecule has 1 atom stereocenters. The fourth-order valence-corrected chi connectivity index (χ4v) is 4.17. The third-order valence-corrected chi connectivity index (χ3v) is 5.91. The summed E-state index contributed by atoms with van der Waals surface area (Å²) in [5, 5.41) is 0. The first kappa shape index (κ1) is 18.2. The Morgan fingerprint density at radius 3 is 2.60 bits per heavy atom. The topological polar surface area (TPSA) is 42.0 Å². The van der Waals surface area contributed by atoms with E-state index in [-0.39, 0.29) is 18.1 Å². The van der Waals surface area contributed by atoms with E-state index >= 15 is 0 Å². The van der Waals surface area contributed by atoms with Gasteiger partial charge in [-0.1, -0.05) is 18.2 Å². The standard InChI is InChI=1S/C20H30N2O3/c1-3-24-15-17-9-10-20(21(17)2)11-13-22(14-12-20)19(23)16-25-18-7-5-4-6-8-18/h4-8,17H,3,9-16H2,1-2H3. The van der Waals surface area contributed by atoms with Crippen molar-refractivity contribution in [3.05, 3.63) is 30.3 Å². The van der Waals surface area contributed by atoms with Gasteiger partial charge in [0, 0.05) is 31.3 Å². The first-order valence-electron chi connectivity index (χ1n) is 9.41. The summed E-state index contributed by atoms with van der Waals surface area (Å²) >= 11 is 0. The van der Waals surface area contributed by atoms with Crippen molar-refractivity contribution in [1.29, 1.82) is 0 Å². The quantitative estimate of drug-likeness (QED) is 0.794. The van der Waals surface area contributed by atoms with Crippen LogP contribution in [0.15, 0.2) is 30.3 Å². The van der Waals surface area contributed by atoms with Gasteiger partial charge in [-0.3, -0.25) is 9.69 Å². The van der Waals surface area contributed by atoms with Gasteiger partial charge in [-0.2, -0.15) is 0 Å². The molecule has 0 aliphatic carbocycles. The average molecular weight is 346 g/mol. The maximum Gasteiger partial charge on any atom is 0.260 e. The SMILES string of the molecule is CCOCC1CCC2(CCN(C(=O)COc3ccccc3)CC2)N1C. The van der Waals surface area contributed by atoms with Crippen LogP contribution in [-0.2, 0) is 9.53 Å². The van der Waals surface area contributed by atoms with Crippen molar-refractivity contribution in [3.8, 4) is 5.75 Å². The number of likely N-dealkylation sites (N-methyl/N-ethyl adjacent to an activating group) is 1. The Labute approximate surface area is 150 Å². The van der Waals surface area contributed by atoms with E-state index in [9.17, 15) is 4.79 Å². The smallest absolute Gasteiger partial charge is 0.260 e. The Kier molecular flexibility index (Phi) is 5.97. The molecule has 0 aromatic heterocycles. The summed E-state index contributed by atoms with van der Waals surface area (Å²) in [5.41, 5.74) is 0.249. The van der Waals surface area contributed by atoms with Gasteiger partial charge >= 0.3 is 0 Å². The van der Waals surface area contributed by atoms with E-state index in [0.29, 0.717) is 6.04 Å². The number of piperidine rings is 1. The molecule has 1 unspecified atom stereocenters. The molecule has 0 bridgehead atoms. The fourth-order valence-electron chi connectivity index (χ4n) is 4.17. The van der Waals surface area contributed by atoms with Crippen LogP contribution in [0.25, 0.3) is 0 Å². The van der Waals surface area contributed by atoms with Crippen molar-refractivity contribution in [2.24, 2.45) is 0 Å². The second-order valence-electron chi connectivity index (χ2n) is 7.17. The zero-order valence-corrected chi connectivity index (χ0v) is 15.4. The second-order valence-corrected chi connectivity index (χ2v) is 7.17. The highest BCUT2D eigenvalue weighted by Crippen LogP contribution is 2.40. The van der Waals surface area contributed by atoms with E-state index in [1.807, 2.05) is 42.2 Å². The van der Waals surface area contributed by atoms with Crippen molar-refractivity contribution in [3.63, 3.8) is 0 Å². The maximum atomic E-state index is 12.4. The van der Waals surface area contributed by atoms with Crippen LogP contribution in [0.2, 0.25) is 0 Å². The van der Waals surface area contributed by atoms with Gasteiger partial charge in [-0.05, 0) is 51.8 Å². The van der Waals surface area contributed by atoms with Crippen LogP contribution in [0.1, 0.15) is 32.6 Å². The Bertz CT molecular complexity index is 555. The Morgan fingerprint density at radius 1 is 1.20 bits per heavy atom. The lowest BCUT2D eigenvalue weighted by Gasteiger charge is -2.45. The zero-order chi connectivity index (χ0) is 17.7. The molecule has 138 valence electrons. The number of amides is 1. The molecule has 1 aromatic rings. The van der Waals surface area contributed by atoms with Crippen molar-refractivity contribution >= 4 is 5.91 Å². The number of benzene rings is 1. The van der Waals surface area contributed by atoms with Crippen molar-refractivity contribution < 1.29 is 14.3 Å². The normalized spacial score (nSPS) is 23.1. The minimum Gasteiger partial charge on any atom is -0.484 e. The first-order chi connectivity index (χ1) is 12.1. The molecule has 2 aliphatic rings. The van der Waals surface area contributed by atoms with E-state index < -0.39 is 0 Å². The van der Waals surface area contributed by atoms with E-state index in [1.165, 1.54) is 12.8 Å². The summed E-state index contributed by atoms with van der Waals surface area (Å²) in [7, 11) is 2.23. The van der Waals surface area contributed by atoms with E-state index in [4.69, 9.17) is 9.47 Å². The van der Waals surface area contributed by atoms with Gasteiger partial charge in [0.05, 0.1) is 6.61 Å². The summed E-state index contributed by atoms with van der Waals surface area (Å²) in [6, 6.07) is 10.0. The fraction of sp³-hybridized carbons (Fsp3) is 0.650. The highest BCUT2D eigenvalue weighted by Gasteiger charge is 2.46. The van der Waals surface area contributed by atoms with Gasteiger partial charge < -0.3 is 14.4 Å². The predicted molar refractivity (Wildman–Crippen MR) is 97.8 cm³/mol. The summed E-state index contributed by atoms with van der Waals surface area (Å²) in [5.74, 6) is 0.837. The Morgan fingerprint density at radius 2 is 1.92 bits per heavy atom. The van der Waals surface area contributed by atoms with Gasteiger partial charge in [0.2, 0.25) is 0 Å². The third kappa shape index (κ3) is 4.15. The molecule has 1 spiro atoms. The van der Waals surface area contributed by atoms with E-state index in [2.05, 4.69) is 11.9 Å². The molecule has 1 amide bonds. The Hall–Kier alpha value is -1.59. The molecule has 1 aromatic carbocycles. The predicted octanol–water partition coefficient (Wildman–Crippen LogP) is 2.56. The summed E-state index contributed by atoms with van der Waals surface area (Å²) in [4.78, 5) is 16.9. The van der Waals surface area contributed by atoms with Gasteiger partial charge in [0.1, 0.15) is 5.75 Å². The minimum atomic E-state index is 0.0882. The Balaban J connectivity index is 1.47. The highest BCUT2D eigenvalue weighted by molar-refractivity contribution is 5.77. The number of nitrogens with zero attached hydrogens (tertiary/aromatic N) is 2. The molecule has 0 N–H and O–H groups in total. The van der Waals surface area contributed by atoms with Crippen LogP contribution in [0.3, 0.4) is 0 Å². The van der Waals surface area contributed by atoms with Gasteiger partial charge in [0.25, 0.3) is 5.91 Å². The largest absolute Gasteiger partial charge is 0.484 e. The number of ether oxygens (including phenoxy) is 2. The lowest BCUT2D eigenvalue weighted by Crippen LogP contribution is -2.54. The molecule has 5 heteroatoms. The monoisotopic (exact) mass is 346 g/mol. The number of hydrogen-bond donors (Lipinski definition) is 0. The van der Waals surface area contributed by atoms with Crippen LogP contribution < -0.4 is 4.74 Å². The highest BCUT2D eigenvalue weighted by atomic mass is 16.5. The number of likely N-dealkylation sites (tertiary alicyclic amines) is 2. The molecule has 0 radical (unpaired) electrons. The minimum absolute atomic E-state index is 0.0882.